The molecular formula is C26H25FN4O2S. The van der Waals surface area contributed by atoms with E-state index >= 15 is 0 Å². The van der Waals surface area contributed by atoms with E-state index in [1.54, 1.807) is 30.1 Å². The van der Waals surface area contributed by atoms with Gasteiger partial charge >= 0.3 is 0 Å². The second-order valence-corrected chi connectivity index (χ2v) is 9.19. The van der Waals surface area contributed by atoms with Crippen LogP contribution < -0.4 is 5.32 Å². The molecule has 0 spiro atoms. The number of halogens is 1. The molecule has 1 saturated heterocycles. The Kier molecular flexibility index (Phi) is 6.87. The maximum absolute atomic E-state index is 14.3. The number of carbonyl (C=O) groups excluding carboxylic acids is 1. The molecule has 1 atom stereocenters. The maximum Gasteiger partial charge on any atom is 0.251 e. The van der Waals surface area contributed by atoms with Crippen LogP contribution in [0.5, 0.6) is 0 Å². The van der Waals surface area contributed by atoms with Crippen molar-refractivity contribution in [3.63, 3.8) is 0 Å². The molecule has 0 unspecified atom stereocenters. The highest BCUT2D eigenvalue weighted by Crippen LogP contribution is 2.27. The van der Waals surface area contributed by atoms with Gasteiger partial charge in [0, 0.05) is 36.2 Å². The standard InChI is InChI=1S/C26H25FN4O2S/c27-22-7-2-1-5-20(22)16-31-24-23(8-3-13-28-24)30-26(31)34-17-18-9-11-19(12-10-18)25(32)29-15-21-6-4-14-33-21/h1-3,5,7-13,21H,4,6,14-17H2,(H,29,32)/t21-/m1/s1. The van der Waals surface area contributed by atoms with Gasteiger partial charge in [0.2, 0.25) is 0 Å². The van der Waals surface area contributed by atoms with E-state index in [1.807, 2.05) is 47.0 Å². The molecule has 4 aromatic rings. The normalized spacial score (nSPS) is 15.6. The molecule has 1 aliphatic rings. The molecule has 0 bridgehead atoms. The molecule has 5 rings (SSSR count). The van der Waals surface area contributed by atoms with Gasteiger partial charge in [-0.1, -0.05) is 42.1 Å². The molecule has 1 fully saturated rings. The van der Waals surface area contributed by atoms with Crippen molar-refractivity contribution in [2.45, 2.75) is 36.4 Å². The third-order valence-corrected chi connectivity index (χ3v) is 6.90. The van der Waals surface area contributed by atoms with Gasteiger partial charge in [-0.25, -0.2) is 14.4 Å². The first-order valence-electron chi connectivity index (χ1n) is 11.3. The van der Waals surface area contributed by atoms with Gasteiger partial charge in [-0.05, 0) is 48.7 Å². The number of ether oxygens (including phenoxy) is 1. The topological polar surface area (TPSA) is 69.0 Å². The second kappa shape index (κ2) is 10.4. The van der Waals surface area contributed by atoms with Gasteiger partial charge in [0.1, 0.15) is 11.3 Å². The highest BCUT2D eigenvalue weighted by molar-refractivity contribution is 7.98. The first-order valence-corrected chi connectivity index (χ1v) is 12.3. The zero-order valence-corrected chi connectivity index (χ0v) is 19.4. The second-order valence-electron chi connectivity index (χ2n) is 8.25. The largest absolute Gasteiger partial charge is 0.376 e. The fourth-order valence-electron chi connectivity index (χ4n) is 4.00. The van der Waals surface area contributed by atoms with Crippen LogP contribution >= 0.6 is 11.8 Å². The predicted molar refractivity (Wildman–Crippen MR) is 130 cm³/mol. The Balaban J connectivity index is 1.27. The van der Waals surface area contributed by atoms with Crippen LogP contribution in [0.4, 0.5) is 4.39 Å². The number of hydrogen-bond donors (Lipinski definition) is 1. The SMILES string of the molecule is O=C(NC[C@H]1CCCO1)c1ccc(CSc2nc3cccnc3n2Cc2ccccc2F)cc1. The summed E-state index contributed by atoms with van der Waals surface area (Å²) in [6, 6.07) is 18.1. The van der Waals surface area contributed by atoms with Crippen LogP contribution in [0.15, 0.2) is 72.0 Å². The number of nitrogens with zero attached hydrogens (tertiary/aromatic N) is 3. The number of fused-ring (bicyclic) bond motifs is 1. The zero-order valence-electron chi connectivity index (χ0n) is 18.6. The van der Waals surface area contributed by atoms with Crippen molar-refractivity contribution in [2.24, 2.45) is 0 Å². The zero-order chi connectivity index (χ0) is 23.3. The monoisotopic (exact) mass is 476 g/mol. The van der Waals surface area contributed by atoms with Crippen LogP contribution in [0.3, 0.4) is 0 Å². The lowest BCUT2D eigenvalue weighted by Gasteiger charge is -2.11. The van der Waals surface area contributed by atoms with E-state index in [2.05, 4.69) is 10.3 Å². The summed E-state index contributed by atoms with van der Waals surface area (Å²) in [6.45, 7) is 1.67. The molecule has 1 N–H and O–H groups in total. The molecular weight excluding hydrogens is 451 g/mol. The molecule has 8 heteroatoms. The lowest BCUT2D eigenvalue weighted by molar-refractivity contribution is 0.0858. The van der Waals surface area contributed by atoms with Crippen molar-refractivity contribution >= 4 is 28.8 Å². The van der Waals surface area contributed by atoms with Gasteiger partial charge in [0.15, 0.2) is 10.8 Å². The maximum atomic E-state index is 14.3. The van der Waals surface area contributed by atoms with Gasteiger partial charge in [-0.2, -0.15) is 0 Å². The van der Waals surface area contributed by atoms with Gasteiger partial charge < -0.3 is 10.1 Å². The van der Waals surface area contributed by atoms with E-state index in [9.17, 15) is 9.18 Å². The fourth-order valence-corrected chi connectivity index (χ4v) is 4.96. The van der Waals surface area contributed by atoms with E-state index in [4.69, 9.17) is 9.72 Å². The van der Waals surface area contributed by atoms with Crippen molar-refractivity contribution in [1.29, 1.82) is 0 Å². The van der Waals surface area contributed by atoms with Crippen molar-refractivity contribution < 1.29 is 13.9 Å². The van der Waals surface area contributed by atoms with E-state index in [1.165, 1.54) is 6.07 Å². The third kappa shape index (κ3) is 5.13. The Labute approximate surface area is 201 Å². The highest BCUT2D eigenvalue weighted by Gasteiger charge is 2.17. The Hall–Kier alpha value is -3.23. The van der Waals surface area contributed by atoms with Crippen LogP contribution in [-0.2, 0) is 17.0 Å². The third-order valence-electron chi connectivity index (χ3n) is 5.85. The Bertz CT molecular complexity index is 1290. The molecule has 2 aromatic carbocycles. The quantitative estimate of drug-likeness (QED) is 0.369. The number of aromatic nitrogens is 3. The number of pyridine rings is 1. The molecule has 1 amide bonds. The lowest BCUT2D eigenvalue weighted by atomic mass is 10.1. The minimum atomic E-state index is -0.246. The Morgan fingerprint density at radius 2 is 2.00 bits per heavy atom. The molecule has 0 aliphatic carbocycles. The first-order chi connectivity index (χ1) is 16.7. The predicted octanol–water partition coefficient (Wildman–Crippen LogP) is 4.82. The molecule has 174 valence electrons. The number of amides is 1. The molecule has 0 radical (unpaired) electrons. The molecule has 3 heterocycles. The van der Waals surface area contributed by atoms with Gasteiger partial charge in [0.25, 0.3) is 5.91 Å². The number of nitrogens with one attached hydrogen (secondary N) is 1. The summed E-state index contributed by atoms with van der Waals surface area (Å²) in [5.41, 5.74) is 3.79. The highest BCUT2D eigenvalue weighted by atomic mass is 32.2. The first kappa shape index (κ1) is 22.6. The minimum absolute atomic E-state index is 0.0903. The molecule has 0 saturated carbocycles. The number of rotatable bonds is 8. The van der Waals surface area contributed by atoms with Crippen molar-refractivity contribution in [1.82, 2.24) is 19.9 Å². The fraction of sp³-hybridized carbons (Fsp3) is 0.269. The van der Waals surface area contributed by atoms with Crippen LogP contribution in [0, 0.1) is 5.82 Å². The van der Waals surface area contributed by atoms with E-state index in [-0.39, 0.29) is 17.8 Å². The van der Waals surface area contributed by atoms with Gasteiger partial charge in [-0.3, -0.25) is 9.36 Å². The summed E-state index contributed by atoms with van der Waals surface area (Å²) in [5.74, 6) is 0.329. The number of carbonyl (C=O) groups is 1. The Morgan fingerprint density at radius 3 is 2.79 bits per heavy atom. The smallest absolute Gasteiger partial charge is 0.251 e. The Morgan fingerprint density at radius 1 is 1.15 bits per heavy atom. The van der Waals surface area contributed by atoms with Crippen LogP contribution in [0.2, 0.25) is 0 Å². The van der Waals surface area contributed by atoms with Crippen LogP contribution in [0.1, 0.15) is 34.3 Å². The summed E-state index contributed by atoms with van der Waals surface area (Å²) in [7, 11) is 0. The summed E-state index contributed by atoms with van der Waals surface area (Å²) >= 11 is 1.56. The minimum Gasteiger partial charge on any atom is -0.376 e. The molecule has 34 heavy (non-hydrogen) atoms. The van der Waals surface area contributed by atoms with Crippen molar-refractivity contribution in [3.05, 3.63) is 89.4 Å². The van der Waals surface area contributed by atoms with E-state index < -0.39 is 0 Å². The van der Waals surface area contributed by atoms with Crippen LogP contribution in [0.25, 0.3) is 11.2 Å². The summed E-state index contributed by atoms with van der Waals surface area (Å²) < 4.78 is 21.8. The number of hydrogen-bond acceptors (Lipinski definition) is 5. The number of benzene rings is 2. The average Bonchev–Trinajstić information content (AvgIpc) is 3.51. The van der Waals surface area contributed by atoms with Gasteiger partial charge in [0.05, 0.1) is 12.6 Å². The van der Waals surface area contributed by atoms with Crippen molar-refractivity contribution in [3.8, 4) is 0 Å². The summed E-state index contributed by atoms with van der Waals surface area (Å²) in [4.78, 5) is 21.6. The number of imidazole rings is 1. The summed E-state index contributed by atoms with van der Waals surface area (Å²) in [6.07, 6.45) is 3.89. The average molecular weight is 477 g/mol. The van der Waals surface area contributed by atoms with Crippen LogP contribution in [-0.4, -0.2) is 39.7 Å². The van der Waals surface area contributed by atoms with Gasteiger partial charge in [-0.15, -0.1) is 0 Å². The number of thioether (sulfide) groups is 1. The van der Waals surface area contributed by atoms with Crippen molar-refractivity contribution in [2.75, 3.05) is 13.2 Å². The molecule has 2 aromatic heterocycles. The lowest BCUT2D eigenvalue weighted by Crippen LogP contribution is -2.31. The van der Waals surface area contributed by atoms with E-state index in [0.29, 0.717) is 30.0 Å². The summed E-state index contributed by atoms with van der Waals surface area (Å²) in [5, 5.41) is 3.72. The molecule has 1 aliphatic heterocycles. The van der Waals surface area contributed by atoms with E-state index in [0.717, 1.165) is 41.3 Å². The molecule has 6 nitrogen and oxygen atoms in total.